The fraction of sp³-hybridized carbons (Fsp3) is 0.350. The summed E-state index contributed by atoms with van der Waals surface area (Å²) < 4.78 is 16.6. The highest BCUT2D eigenvalue weighted by molar-refractivity contribution is 8.01. The average Bonchev–Trinajstić information content (AvgIpc) is 3.10. The number of nitrogens with one attached hydrogen (secondary N) is 1. The molecule has 0 bridgehead atoms. The predicted octanol–water partition coefficient (Wildman–Crippen LogP) is 3.91. The topological polar surface area (TPSA) is 106 Å². The molecule has 0 fully saturated rings. The third-order valence-electron chi connectivity index (χ3n) is 4.08. The Morgan fingerprint density at radius 1 is 1.17 bits per heavy atom. The van der Waals surface area contributed by atoms with Crippen molar-refractivity contribution in [3.63, 3.8) is 0 Å². The van der Waals surface area contributed by atoms with E-state index in [1.165, 1.54) is 51.0 Å². The molecule has 0 spiro atoms. The molecule has 8 nitrogen and oxygen atoms in total. The molecule has 0 atom stereocenters. The monoisotopic (exact) mass is 452 g/mol. The third kappa shape index (κ3) is 5.06. The maximum Gasteiger partial charge on any atom is 0.337 e. The zero-order chi connectivity index (χ0) is 22.3. The Morgan fingerprint density at radius 3 is 2.27 bits per heavy atom. The van der Waals surface area contributed by atoms with Gasteiger partial charge in [0.2, 0.25) is 5.75 Å². The molecule has 0 saturated carbocycles. The van der Waals surface area contributed by atoms with Crippen LogP contribution in [0, 0.1) is 0 Å². The Kier molecular flexibility index (Phi) is 8.55. The summed E-state index contributed by atoms with van der Waals surface area (Å²) in [6.07, 6.45) is 1.99. The molecular weight excluding hydrogens is 428 g/mol. The molecule has 0 aliphatic carbocycles. The van der Waals surface area contributed by atoms with Crippen LogP contribution in [0.1, 0.15) is 45.0 Å². The van der Waals surface area contributed by atoms with Crippen molar-refractivity contribution in [2.45, 2.75) is 24.5 Å². The molecule has 30 heavy (non-hydrogen) atoms. The van der Waals surface area contributed by atoms with E-state index in [2.05, 4.69) is 10.5 Å². The Hall–Kier alpha value is -2.72. The highest BCUT2D eigenvalue weighted by Crippen LogP contribution is 2.38. The van der Waals surface area contributed by atoms with E-state index in [9.17, 15) is 14.7 Å². The van der Waals surface area contributed by atoms with Gasteiger partial charge in [0.05, 0.1) is 37.3 Å². The lowest BCUT2D eigenvalue weighted by molar-refractivity contribution is 0.0696. The SMILES string of the molecule is CCSc1sc(CC)c(C(=O)O)c1C=NNC(=O)c1cc(OC)c(OC)c(OC)c1. The second-order valence-electron chi connectivity index (χ2n) is 5.81. The molecule has 0 unspecified atom stereocenters. The Morgan fingerprint density at radius 2 is 1.80 bits per heavy atom. The van der Waals surface area contributed by atoms with Crippen LogP contribution in [0.3, 0.4) is 0 Å². The van der Waals surface area contributed by atoms with E-state index in [1.807, 2.05) is 13.8 Å². The average molecular weight is 453 g/mol. The summed E-state index contributed by atoms with van der Waals surface area (Å²) in [4.78, 5) is 25.1. The van der Waals surface area contributed by atoms with Crippen LogP contribution in [0.15, 0.2) is 21.4 Å². The van der Waals surface area contributed by atoms with Crippen molar-refractivity contribution in [3.05, 3.63) is 33.7 Å². The number of rotatable bonds is 10. The molecule has 10 heteroatoms. The second-order valence-corrected chi connectivity index (χ2v) is 8.44. The van der Waals surface area contributed by atoms with Gasteiger partial charge in [-0.05, 0) is 24.3 Å². The number of amides is 1. The number of thioether (sulfide) groups is 1. The van der Waals surface area contributed by atoms with Crippen LogP contribution in [0.25, 0.3) is 0 Å². The summed E-state index contributed by atoms with van der Waals surface area (Å²) in [5.41, 5.74) is 3.41. The Balaban J connectivity index is 2.32. The van der Waals surface area contributed by atoms with E-state index in [0.717, 1.165) is 14.8 Å². The molecule has 0 saturated heterocycles. The van der Waals surface area contributed by atoms with Crippen LogP contribution >= 0.6 is 23.1 Å². The number of aryl methyl sites for hydroxylation is 1. The molecule has 1 amide bonds. The molecule has 1 heterocycles. The van der Waals surface area contributed by atoms with Crippen molar-refractivity contribution in [2.24, 2.45) is 5.10 Å². The van der Waals surface area contributed by atoms with Gasteiger partial charge in [-0.1, -0.05) is 13.8 Å². The first-order valence-electron chi connectivity index (χ1n) is 9.06. The van der Waals surface area contributed by atoms with Crippen molar-refractivity contribution in [1.29, 1.82) is 0 Å². The van der Waals surface area contributed by atoms with E-state index >= 15 is 0 Å². The van der Waals surface area contributed by atoms with Crippen molar-refractivity contribution >= 4 is 41.2 Å². The number of thiophene rings is 1. The summed E-state index contributed by atoms with van der Waals surface area (Å²) in [6.45, 7) is 3.90. The largest absolute Gasteiger partial charge is 0.493 e. The van der Waals surface area contributed by atoms with Gasteiger partial charge in [-0.25, -0.2) is 10.2 Å². The lowest BCUT2D eigenvalue weighted by Gasteiger charge is -2.13. The lowest BCUT2D eigenvalue weighted by Crippen LogP contribution is -2.18. The van der Waals surface area contributed by atoms with Crippen LogP contribution in [-0.2, 0) is 6.42 Å². The quantitative estimate of drug-likeness (QED) is 0.320. The minimum Gasteiger partial charge on any atom is -0.493 e. The minimum atomic E-state index is -1.01. The van der Waals surface area contributed by atoms with E-state index in [1.54, 1.807) is 11.8 Å². The predicted molar refractivity (Wildman–Crippen MR) is 118 cm³/mol. The van der Waals surface area contributed by atoms with Crippen molar-refractivity contribution in [2.75, 3.05) is 27.1 Å². The van der Waals surface area contributed by atoms with E-state index in [0.29, 0.717) is 29.2 Å². The number of carbonyl (C=O) groups excluding carboxylic acids is 1. The number of carboxylic acids is 1. The van der Waals surface area contributed by atoms with E-state index in [-0.39, 0.29) is 11.1 Å². The third-order valence-corrected chi connectivity index (χ3v) is 6.60. The summed E-state index contributed by atoms with van der Waals surface area (Å²) in [7, 11) is 4.39. The van der Waals surface area contributed by atoms with Gasteiger partial charge >= 0.3 is 5.97 Å². The molecule has 0 aliphatic rings. The first-order chi connectivity index (χ1) is 14.4. The highest BCUT2D eigenvalue weighted by Gasteiger charge is 2.22. The molecule has 2 N–H and O–H groups in total. The molecule has 0 radical (unpaired) electrons. The number of hydrogen-bond acceptors (Lipinski definition) is 8. The smallest absolute Gasteiger partial charge is 0.337 e. The zero-order valence-electron chi connectivity index (χ0n) is 17.4. The number of hydrazone groups is 1. The number of aromatic carboxylic acids is 1. The van der Waals surface area contributed by atoms with E-state index < -0.39 is 11.9 Å². The highest BCUT2D eigenvalue weighted by atomic mass is 32.2. The molecule has 1 aromatic carbocycles. The molecule has 2 rings (SSSR count). The van der Waals surface area contributed by atoms with Gasteiger partial charge in [0.25, 0.3) is 5.91 Å². The fourth-order valence-corrected chi connectivity index (χ4v) is 5.14. The van der Waals surface area contributed by atoms with Crippen LogP contribution in [0.5, 0.6) is 17.2 Å². The van der Waals surface area contributed by atoms with Crippen LogP contribution < -0.4 is 19.6 Å². The Bertz CT molecular complexity index is 930. The van der Waals surface area contributed by atoms with Gasteiger partial charge < -0.3 is 19.3 Å². The standard InChI is InChI=1S/C20H24N2O6S2/c1-6-15-16(19(24)25)12(20(30-15)29-7-2)10-21-22-18(23)11-8-13(26-3)17(28-5)14(9-11)27-4/h8-10H,6-7H2,1-5H3,(H,22,23)(H,24,25). The van der Waals surface area contributed by atoms with Gasteiger partial charge in [-0.2, -0.15) is 5.10 Å². The molecular formula is C20H24N2O6S2. The normalized spacial score (nSPS) is 10.8. The van der Waals surface area contributed by atoms with Crippen LogP contribution in [-0.4, -0.2) is 50.3 Å². The lowest BCUT2D eigenvalue weighted by atomic mass is 10.1. The summed E-state index contributed by atoms with van der Waals surface area (Å²) >= 11 is 2.98. The van der Waals surface area contributed by atoms with E-state index in [4.69, 9.17) is 14.2 Å². The van der Waals surface area contributed by atoms with Gasteiger partial charge in [0.15, 0.2) is 11.5 Å². The summed E-state index contributed by atoms with van der Waals surface area (Å²) in [5, 5.41) is 13.6. The first-order valence-corrected chi connectivity index (χ1v) is 10.9. The summed E-state index contributed by atoms with van der Waals surface area (Å²) in [5.74, 6) is 0.332. The number of carbonyl (C=O) groups is 2. The van der Waals surface area contributed by atoms with Gasteiger partial charge in [-0.3, -0.25) is 4.79 Å². The van der Waals surface area contributed by atoms with Gasteiger partial charge in [0.1, 0.15) is 0 Å². The number of benzene rings is 1. The number of hydrogen-bond donors (Lipinski definition) is 2. The maximum atomic E-state index is 12.6. The molecule has 1 aromatic heterocycles. The molecule has 2 aromatic rings. The van der Waals surface area contributed by atoms with Crippen LogP contribution in [0.2, 0.25) is 0 Å². The molecule has 162 valence electrons. The van der Waals surface area contributed by atoms with Gasteiger partial charge in [0, 0.05) is 16.0 Å². The fourth-order valence-electron chi connectivity index (χ4n) is 2.74. The number of nitrogens with zero attached hydrogens (tertiary/aromatic N) is 1. The van der Waals surface area contributed by atoms with Crippen LogP contribution in [0.4, 0.5) is 0 Å². The van der Waals surface area contributed by atoms with Crippen molar-refractivity contribution < 1.29 is 28.9 Å². The number of methoxy groups -OCH3 is 3. The minimum absolute atomic E-state index is 0.226. The second kappa shape index (κ2) is 10.9. The zero-order valence-corrected chi connectivity index (χ0v) is 19.0. The van der Waals surface area contributed by atoms with Crippen molar-refractivity contribution in [1.82, 2.24) is 5.43 Å². The Labute approximate surface area is 183 Å². The maximum absolute atomic E-state index is 12.6. The van der Waals surface area contributed by atoms with Gasteiger partial charge in [-0.15, -0.1) is 23.1 Å². The first kappa shape index (κ1) is 23.6. The number of carboxylic acid groups (broad SMARTS) is 1. The molecule has 0 aliphatic heterocycles. The summed E-state index contributed by atoms with van der Waals surface area (Å²) in [6, 6.07) is 3.01. The van der Waals surface area contributed by atoms with Crippen molar-refractivity contribution in [3.8, 4) is 17.2 Å². The number of ether oxygens (including phenoxy) is 3.